The molecular weight excluding hydrogens is 244 g/mol. The average molecular weight is 262 g/mol. The second-order valence-corrected chi connectivity index (χ2v) is 4.87. The Morgan fingerprint density at radius 1 is 1.32 bits per heavy atom. The molecule has 1 amide bonds. The molecule has 0 aliphatic carbocycles. The van der Waals surface area contributed by atoms with Crippen LogP contribution in [0.2, 0.25) is 0 Å². The zero-order valence-corrected chi connectivity index (χ0v) is 10.7. The van der Waals surface area contributed by atoms with E-state index in [0.717, 1.165) is 5.56 Å². The second-order valence-electron chi connectivity index (χ2n) is 4.87. The minimum Gasteiger partial charge on any atom is -0.481 e. The molecule has 0 spiro atoms. The summed E-state index contributed by atoms with van der Waals surface area (Å²) < 4.78 is 0. The number of likely N-dealkylation sites (tertiary alicyclic amines) is 1. The van der Waals surface area contributed by atoms with Crippen molar-refractivity contribution in [2.24, 2.45) is 11.7 Å². The molecule has 1 aliphatic rings. The predicted octanol–water partition coefficient (Wildman–Crippen LogP) is 0.734. The van der Waals surface area contributed by atoms with Gasteiger partial charge in [0.15, 0.2) is 0 Å². The molecule has 0 saturated carbocycles. The lowest BCUT2D eigenvalue weighted by molar-refractivity contribution is -0.139. The van der Waals surface area contributed by atoms with E-state index >= 15 is 0 Å². The molecule has 1 aromatic carbocycles. The van der Waals surface area contributed by atoms with E-state index in [9.17, 15) is 9.59 Å². The number of aliphatic carboxylic acids is 1. The Labute approximate surface area is 112 Å². The fourth-order valence-electron chi connectivity index (χ4n) is 2.38. The van der Waals surface area contributed by atoms with Gasteiger partial charge in [-0.2, -0.15) is 0 Å². The lowest BCUT2D eigenvalue weighted by Crippen LogP contribution is -2.50. The van der Waals surface area contributed by atoms with E-state index in [4.69, 9.17) is 10.8 Å². The molecule has 1 heterocycles. The number of benzene rings is 1. The predicted molar refractivity (Wildman–Crippen MR) is 70.8 cm³/mol. The SMILES string of the molecule is NCCc1ccccc1C(=O)N1CC(CC(=O)O)C1. The third-order valence-corrected chi connectivity index (χ3v) is 3.37. The van der Waals surface area contributed by atoms with Crippen LogP contribution in [0, 0.1) is 5.92 Å². The van der Waals surface area contributed by atoms with Crippen molar-refractivity contribution in [3.8, 4) is 0 Å². The van der Waals surface area contributed by atoms with E-state index in [1.54, 1.807) is 11.0 Å². The number of rotatable bonds is 5. The summed E-state index contributed by atoms with van der Waals surface area (Å²) in [6.45, 7) is 1.57. The molecule has 0 bridgehead atoms. The van der Waals surface area contributed by atoms with Gasteiger partial charge in [-0.25, -0.2) is 0 Å². The smallest absolute Gasteiger partial charge is 0.303 e. The van der Waals surface area contributed by atoms with E-state index in [-0.39, 0.29) is 18.2 Å². The van der Waals surface area contributed by atoms with Crippen LogP contribution in [-0.2, 0) is 11.2 Å². The topological polar surface area (TPSA) is 83.6 Å². The molecule has 1 fully saturated rings. The molecule has 5 nitrogen and oxygen atoms in total. The molecule has 5 heteroatoms. The first-order chi connectivity index (χ1) is 9.11. The summed E-state index contributed by atoms with van der Waals surface area (Å²) >= 11 is 0. The molecule has 0 aromatic heterocycles. The summed E-state index contributed by atoms with van der Waals surface area (Å²) in [6.07, 6.45) is 0.808. The normalized spacial score (nSPS) is 15.1. The molecule has 19 heavy (non-hydrogen) atoms. The Balaban J connectivity index is 2.00. The highest BCUT2D eigenvalue weighted by Crippen LogP contribution is 2.22. The molecule has 1 aliphatic heterocycles. The molecule has 1 saturated heterocycles. The lowest BCUT2D eigenvalue weighted by atomic mass is 9.94. The first kappa shape index (κ1) is 13.5. The Morgan fingerprint density at radius 3 is 2.63 bits per heavy atom. The van der Waals surface area contributed by atoms with Gasteiger partial charge in [-0.05, 0) is 24.6 Å². The van der Waals surface area contributed by atoms with Crippen molar-refractivity contribution in [1.82, 2.24) is 4.90 Å². The van der Waals surface area contributed by atoms with Crippen LogP contribution in [0.4, 0.5) is 0 Å². The Morgan fingerprint density at radius 2 is 2.00 bits per heavy atom. The van der Waals surface area contributed by atoms with Crippen LogP contribution in [-0.4, -0.2) is 41.5 Å². The number of hydrogen-bond donors (Lipinski definition) is 2. The Hall–Kier alpha value is -1.88. The number of carbonyl (C=O) groups is 2. The number of carbonyl (C=O) groups excluding carboxylic acids is 1. The monoisotopic (exact) mass is 262 g/mol. The minimum atomic E-state index is -0.805. The van der Waals surface area contributed by atoms with Crippen LogP contribution in [0.5, 0.6) is 0 Å². The Bertz CT molecular complexity index is 481. The third kappa shape index (κ3) is 3.12. The van der Waals surface area contributed by atoms with Crippen LogP contribution in [0.15, 0.2) is 24.3 Å². The van der Waals surface area contributed by atoms with Gasteiger partial charge in [-0.3, -0.25) is 9.59 Å². The number of amides is 1. The molecule has 2 rings (SSSR count). The molecule has 3 N–H and O–H groups in total. The number of carboxylic acids is 1. The highest BCUT2D eigenvalue weighted by molar-refractivity contribution is 5.96. The van der Waals surface area contributed by atoms with Crippen molar-refractivity contribution in [3.05, 3.63) is 35.4 Å². The number of nitrogens with two attached hydrogens (primary N) is 1. The van der Waals surface area contributed by atoms with Crippen molar-refractivity contribution >= 4 is 11.9 Å². The molecule has 102 valence electrons. The third-order valence-electron chi connectivity index (χ3n) is 3.37. The van der Waals surface area contributed by atoms with Crippen LogP contribution in [0.25, 0.3) is 0 Å². The summed E-state index contributed by atoms with van der Waals surface area (Å²) in [5.41, 5.74) is 7.18. The largest absolute Gasteiger partial charge is 0.481 e. The van der Waals surface area contributed by atoms with Gasteiger partial charge >= 0.3 is 5.97 Å². The van der Waals surface area contributed by atoms with Gasteiger partial charge in [0.05, 0.1) is 6.42 Å². The zero-order chi connectivity index (χ0) is 13.8. The van der Waals surface area contributed by atoms with E-state index in [0.29, 0.717) is 31.6 Å². The fraction of sp³-hybridized carbons (Fsp3) is 0.429. The van der Waals surface area contributed by atoms with E-state index < -0.39 is 5.97 Å². The van der Waals surface area contributed by atoms with Gasteiger partial charge in [0.25, 0.3) is 5.91 Å². The highest BCUT2D eigenvalue weighted by Gasteiger charge is 2.33. The number of nitrogens with zero attached hydrogens (tertiary/aromatic N) is 1. The summed E-state index contributed by atoms with van der Waals surface area (Å²) in [4.78, 5) is 24.6. The van der Waals surface area contributed by atoms with Crippen molar-refractivity contribution in [2.75, 3.05) is 19.6 Å². The van der Waals surface area contributed by atoms with Crippen LogP contribution in [0.1, 0.15) is 22.3 Å². The average Bonchev–Trinajstić information content (AvgIpc) is 2.33. The highest BCUT2D eigenvalue weighted by atomic mass is 16.4. The van der Waals surface area contributed by atoms with Gasteiger partial charge in [-0.15, -0.1) is 0 Å². The summed E-state index contributed by atoms with van der Waals surface area (Å²) in [5, 5.41) is 8.69. The summed E-state index contributed by atoms with van der Waals surface area (Å²) in [7, 11) is 0. The Kier molecular flexibility index (Phi) is 4.16. The molecule has 0 radical (unpaired) electrons. The second kappa shape index (κ2) is 5.84. The molecule has 0 atom stereocenters. The summed E-state index contributed by atoms with van der Waals surface area (Å²) in [6, 6.07) is 7.44. The van der Waals surface area contributed by atoms with Crippen LogP contribution < -0.4 is 5.73 Å². The van der Waals surface area contributed by atoms with E-state index in [2.05, 4.69) is 0 Å². The first-order valence-corrected chi connectivity index (χ1v) is 6.41. The molecular formula is C14H18N2O3. The standard InChI is InChI=1S/C14H18N2O3/c15-6-5-11-3-1-2-4-12(11)14(19)16-8-10(9-16)7-13(17)18/h1-4,10H,5-9,15H2,(H,17,18). The number of hydrogen-bond acceptors (Lipinski definition) is 3. The summed E-state index contributed by atoms with van der Waals surface area (Å²) in [5.74, 6) is -0.741. The van der Waals surface area contributed by atoms with Crippen molar-refractivity contribution in [2.45, 2.75) is 12.8 Å². The minimum absolute atomic E-state index is 0.0225. The van der Waals surface area contributed by atoms with Crippen LogP contribution >= 0.6 is 0 Å². The van der Waals surface area contributed by atoms with Gasteiger partial charge in [0.1, 0.15) is 0 Å². The fourth-order valence-corrected chi connectivity index (χ4v) is 2.38. The van der Waals surface area contributed by atoms with Gasteiger partial charge in [0.2, 0.25) is 0 Å². The maximum absolute atomic E-state index is 12.3. The van der Waals surface area contributed by atoms with Crippen molar-refractivity contribution in [3.63, 3.8) is 0 Å². The number of carboxylic acid groups (broad SMARTS) is 1. The van der Waals surface area contributed by atoms with E-state index in [1.807, 2.05) is 18.2 Å². The van der Waals surface area contributed by atoms with Crippen molar-refractivity contribution in [1.29, 1.82) is 0 Å². The molecule has 0 unspecified atom stereocenters. The van der Waals surface area contributed by atoms with Gasteiger partial charge in [-0.1, -0.05) is 18.2 Å². The quantitative estimate of drug-likeness (QED) is 0.819. The molecule has 1 aromatic rings. The maximum atomic E-state index is 12.3. The van der Waals surface area contributed by atoms with Crippen LogP contribution in [0.3, 0.4) is 0 Å². The van der Waals surface area contributed by atoms with Crippen molar-refractivity contribution < 1.29 is 14.7 Å². The maximum Gasteiger partial charge on any atom is 0.303 e. The zero-order valence-electron chi connectivity index (χ0n) is 10.7. The van der Waals surface area contributed by atoms with E-state index in [1.165, 1.54) is 0 Å². The first-order valence-electron chi connectivity index (χ1n) is 6.41. The van der Waals surface area contributed by atoms with Gasteiger partial charge in [0, 0.05) is 24.6 Å². The lowest BCUT2D eigenvalue weighted by Gasteiger charge is -2.39. The van der Waals surface area contributed by atoms with Gasteiger partial charge < -0.3 is 15.7 Å².